The van der Waals surface area contributed by atoms with E-state index in [9.17, 15) is 5.11 Å². The predicted octanol–water partition coefficient (Wildman–Crippen LogP) is 3.70. The highest BCUT2D eigenvalue weighted by atomic mass is 16.5. The summed E-state index contributed by atoms with van der Waals surface area (Å²) in [6.07, 6.45) is -0.620. The lowest BCUT2D eigenvalue weighted by molar-refractivity contribution is -0.0476. The lowest BCUT2D eigenvalue weighted by Gasteiger charge is -2.20. The summed E-state index contributed by atoms with van der Waals surface area (Å²) in [7, 11) is 0. The minimum absolute atomic E-state index is 0.155. The van der Waals surface area contributed by atoms with Crippen LogP contribution in [0, 0.1) is 0 Å². The van der Waals surface area contributed by atoms with Gasteiger partial charge in [-0.25, -0.2) is 0 Å². The summed E-state index contributed by atoms with van der Waals surface area (Å²) in [5.41, 5.74) is 0.752. The molecule has 1 unspecified atom stereocenters. The van der Waals surface area contributed by atoms with Gasteiger partial charge in [0.2, 0.25) is 0 Å². The van der Waals surface area contributed by atoms with E-state index >= 15 is 0 Å². The third-order valence-electron chi connectivity index (χ3n) is 3.22. The summed E-state index contributed by atoms with van der Waals surface area (Å²) < 4.78 is 11.1. The normalized spacial score (nSPS) is 13.5. The van der Waals surface area contributed by atoms with Crippen LogP contribution in [0.3, 0.4) is 0 Å². The molecule has 0 spiro atoms. The van der Waals surface area contributed by atoms with Crippen LogP contribution in [0.15, 0.2) is 42.5 Å². The first kappa shape index (κ1) is 16.0. The van der Waals surface area contributed by atoms with E-state index in [0.717, 1.165) is 16.3 Å². The van der Waals surface area contributed by atoms with Crippen LogP contribution in [-0.2, 0) is 9.47 Å². The van der Waals surface area contributed by atoms with Crippen molar-refractivity contribution in [3.63, 3.8) is 0 Å². The zero-order valence-corrected chi connectivity index (χ0v) is 13.0. The fourth-order valence-corrected chi connectivity index (χ4v) is 2.23. The number of benzene rings is 2. The van der Waals surface area contributed by atoms with Crippen molar-refractivity contribution in [3.05, 3.63) is 48.0 Å². The van der Waals surface area contributed by atoms with Crippen molar-refractivity contribution in [1.82, 2.24) is 0 Å². The van der Waals surface area contributed by atoms with Gasteiger partial charge in [0.05, 0.1) is 25.4 Å². The van der Waals surface area contributed by atoms with E-state index in [1.165, 1.54) is 0 Å². The summed E-state index contributed by atoms with van der Waals surface area (Å²) in [5, 5.41) is 12.5. The molecule has 2 aromatic rings. The van der Waals surface area contributed by atoms with Crippen LogP contribution in [-0.4, -0.2) is 30.5 Å². The smallest absolute Gasteiger partial charge is 0.103 e. The van der Waals surface area contributed by atoms with Gasteiger partial charge in [-0.3, -0.25) is 0 Å². The number of aliphatic hydroxyl groups is 1. The number of hydrogen-bond donors (Lipinski definition) is 1. The molecule has 0 heterocycles. The highest BCUT2D eigenvalue weighted by Crippen LogP contribution is 2.24. The van der Waals surface area contributed by atoms with Crippen molar-refractivity contribution in [2.45, 2.75) is 32.5 Å². The molecule has 0 aliphatic heterocycles. The van der Waals surface area contributed by atoms with Crippen LogP contribution < -0.4 is 0 Å². The Morgan fingerprint density at radius 2 is 1.71 bits per heavy atom. The van der Waals surface area contributed by atoms with E-state index in [-0.39, 0.29) is 12.2 Å². The number of rotatable bonds is 6. The summed E-state index contributed by atoms with van der Waals surface area (Å²) in [4.78, 5) is 0. The second-order valence-electron chi connectivity index (χ2n) is 6.12. The van der Waals surface area contributed by atoms with Gasteiger partial charge in [0, 0.05) is 0 Å². The Kier molecular flexibility index (Phi) is 5.34. The fraction of sp³-hybridized carbons (Fsp3) is 0.444. The number of ether oxygens (including phenoxy) is 2. The van der Waals surface area contributed by atoms with Gasteiger partial charge in [-0.1, -0.05) is 42.5 Å². The van der Waals surface area contributed by atoms with Crippen LogP contribution in [0.4, 0.5) is 0 Å². The SMILES string of the molecule is CC(C)(C)OCCOCC(O)c1cccc2ccccc12. The van der Waals surface area contributed by atoms with Gasteiger partial charge in [-0.2, -0.15) is 0 Å². The third-order valence-corrected chi connectivity index (χ3v) is 3.22. The third kappa shape index (κ3) is 4.81. The molecule has 1 N–H and O–H groups in total. The molecule has 2 rings (SSSR count). The van der Waals surface area contributed by atoms with Crippen LogP contribution >= 0.6 is 0 Å². The summed E-state index contributed by atoms with van der Waals surface area (Å²) in [5.74, 6) is 0. The summed E-state index contributed by atoms with van der Waals surface area (Å²) in [6.45, 7) is 7.33. The first-order valence-corrected chi connectivity index (χ1v) is 7.35. The van der Waals surface area contributed by atoms with Crippen LogP contribution in [0.25, 0.3) is 10.8 Å². The summed E-state index contributed by atoms with van der Waals surface area (Å²) in [6, 6.07) is 14.0. The largest absolute Gasteiger partial charge is 0.386 e. The topological polar surface area (TPSA) is 38.7 Å². The predicted molar refractivity (Wildman–Crippen MR) is 85.4 cm³/mol. The van der Waals surface area contributed by atoms with E-state index in [4.69, 9.17) is 9.47 Å². The van der Waals surface area contributed by atoms with Gasteiger partial charge in [-0.15, -0.1) is 0 Å². The van der Waals surface area contributed by atoms with Crippen molar-refractivity contribution in [2.75, 3.05) is 19.8 Å². The van der Waals surface area contributed by atoms with Gasteiger partial charge in [0.15, 0.2) is 0 Å². The van der Waals surface area contributed by atoms with Gasteiger partial charge in [0.1, 0.15) is 6.10 Å². The number of fused-ring (bicyclic) bond motifs is 1. The first-order chi connectivity index (χ1) is 9.97. The Bertz CT molecular complexity index is 567. The van der Waals surface area contributed by atoms with Crippen molar-refractivity contribution in [3.8, 4) is 0 Å². The summed E-state index contributed by atoms with van der Waals surface area (Å²) >= 11 is 0. The fourth-order valence-electron chi connectivity index (χ4n) is 2.23. The van der Waals surface area contributed by atoms with Crippen molar-refractivity contribution < 1.29 is 14.6 Å². The molecule has 0 radical (unpaired) electrons. The maximum atomic E-state index is 10.3. The Balaban J connectivity index is 1.89. The van der Waals surface area contributed by atoms with E-state index in [0.29, 0.717) is 13.2 Å². The molecule has 2 aromatic carbocycles. The lowest BCUT2D eigenvalue weighted by Crippen LogP contribution is -2.22. The van der Waals surface area contributed by atoms with Gasteiger partial charge in [0.25, 0.3) is 0 Å². The molecule has 1 atom stereocenters. The molecular formula is C18H24O3. The second kappa shape index (κ2) is 7.03. The molecule has 0 saturated heterocycles. The van der Waals surface area contributed by atoms with Gasteiger partial charge < -0.3 is 14.6 Å². The Hall–Kier alpha value is -1.42. The maximum absolute atomic E-state index is 10.3. The molecule has 0 fully saturated rings. The Morgan fingerprint density at radius 1 is 1.00 bits per heavy atom. The molecule has 0 bridgehead atoms. The lowest BCUT2D eigenvalue weighted by atomic mass is 10.0. The average Bonchev–Trinajstić information content (AvgIpc) is 2.45. The average molecular weight is 288 g/mol. The van der Waals surface area contributed by atoms with Crippen LogP contribution in [0.2, 0.25) is 0 Å². The molecule has 3 heteroatoms. The molecular weight excluding hydrogens is 264 g/mol. The van der Waals surface area contributed by atoms with E-state index in [1.807, 2.05) is 63.2 Å². The highest BCUT2D eigenvalue weighted by molar-refractivity contribution is 5.85. The molecule has 114 valence electrons. The van der Waals surface area contributed by atoms with Gasteiger partial charge in [-0.05, 0) is 37.1 Å². The van der Waals surface area contributed by atoms with Crippen molar-refractivity contribution in [2.24, 2.45) is 0 Å². The second-order valence-corrected chi connectivity index (χ2v) is 6.12. The van der Waals surface area contributed by atoms with Gasteiger partial charge >= 0.3 is 0 Å². The molecule has 0 amide bonds. The minimum atomic E-state index is -0.620. The van der Waals surface area contributed by atoms with Crippen molar-refractivity contribution >= 4 is 10.8 Å². The zero-order valence-electron chi connectivity index (χ0n) is 13.0. The molecule has 0 aliphatic rings. The molecule has 0 saturated carbocycles. The highest BCUT2D eigenvalue weighted by Gasteiger charge is 2.12. The van der Waals surface area contributed by atoms with Crippen molar-refractivity contribution in [1.29, 1.82) is 0 Å². The Labute approximate surface area is 126 Å². The first-order valence-electron chi connectivity index (χ1n) is 7.35. The van der Waals surface area contributed by atoms with E-state index in [2.05, 4.69) is 0 Å². The van der Waals surface area contributed by atoms with E-state index < -0.39 is 6.10 Å². The molecule has 0 aromatic heterocycles. The minimum Gasteiger partial charge on any atom is -0.386 e. The Morgan fingerprint density at radius 3 is 2.48 bits per heavy atom. The molecule has 0 aliphatic carbocycles. The molecule has 21 heavy (non-hydrogen) atoms. The van der Waals surface area contributed by atoms with E-state index in [1.54, 1.807) is 0 Å². The quantitative estimate of drug-likeness (QED) is 0.824. The molecule has 3 nitrogen and oxygen atoms in total. The maximum Gasteiger partial charge on any atom is 0.103 e. The monoisotopic (exact) mass is 288 g/mol. The zero-order chi connectivity index (χ0) is 15.3. The van der Waals surface area contributed by atoms with Crippen LogP contribution in [0.5, 0.6) is 0 Å². The number of aliphatic hydroxyl groups excluding tert-OH is 1. The number of hydrogen-bond acceptors (Lipinski definition) is 3. The van der Waals surface area contributed by atoms with Crippen LogP contribution in [0.1, 0.15) is 32.4 Å². The standard InChI is InChI=1S/C18H24O3/c1-18(2,3)21-12-11-20-13-17(19)16-10-6-8-14-7-4-5-9-15(14)16/h4-10,17,19H,11-13H2,1-3H3.